The van der Waals surface area contributed by atoms with Gasteiger partial charge in [0, 0.05) is 13.6 Å². The van der Waals surface area contributed by atoms with Crippen LogP contribution >= 0.6 is 0 Å². The fourth-order valence-corrected chi connectivity index (χ4v) is 3.75. The summed E-state index contributed by atoms with van der Waals surface area (Å²) in [5.74, 6) is 2.54. The number of hydrogen-bond acceptors (Lipinski definition) is 5. The number of anilines is 1. The van der Waals surface area contributed by atoms with E-state index in [0.29, 0.717) is 17.8 Å². The first kappa shape index (κ1) is 16.5. The lowest BCUT2D eigenvalue weighted by molar-refractivity contribution is 0.174. The van der Waals surface area contributed by atoms with E-state index in [0.717, 1.165) is 39.5 Å². The van der Waals surface area contributed by atoms with Crippen LogP contribution in [0.25, 0.3) is 16.7 Å². The van der Waals surface area contributed by atoms with Crippen LogP contribution in [0.3, 0.4) is 0 Å². The molecule has 6 nitrogen and oxygen atoms in total. The van der Waals surface area contributed by atoms with Gasteiger partial charge in [-0.1, -0.05) is 18.2 Å². The molecule has 0 bridgehead atoms. The first-order valence-electron chi connectivity index (χ1n) is 9.06. The van der Waals surface area contributed by atoms with Crippen molar-refractivity contribution in [3.05, 3.63) is 65.2 Å². The van der Waals surface area contributed by atoms with Crippen LogP contribution in [0.1, 0.15) is 16.7 Å². The number of fused-ring (bicyclic) bond motifs is 4. The van der Waals surface area contributed by atoms with Crippen LogP contribution in [0.2, 0.25) is 0 Å². The molecule has 5 rings (SSSR count). The number of rotatable bonds is 3. The number of para-hydroxylation sites is 2. The third-order valence-electron chi connectivity index (χ3n) is 5.11. The zero-order valence-electron chi connectivity index (χ0n) is 15.6. The second-order valence-corrected chi connectivity index (χ2v) is 6.98. The zero-order chi connectivity index (χ0) is 19.3. The largest absolute Gasteiger partial charge is 0.454 e. The van der Waals surface area contributed by atoms with Gasteiger partial charge in [-0.15, -0.1) is 0 Å². The average Bonchev–Trinajstić information content (AvgIpc) is 3.31. The van der Waals surface area contributed by atoms with Gasteiger partial charge in [0.1, 0.15) is 11.9 Å². The molecule has 4 aromatic rings. The summed E-state index contributed by atoms with van der Waals surface area (Å²) >= 11 is 0. The third kappa shape index (κ3) is 2.44. The smallest absolute Gasteiger partial charge is 0.231 e. The summed E-state index contributed by atoms with van der Waals surface area (Å²) in [5, 5.41) is 9.65. The summed E-state index contributed by atoms with van der Waals surface area (Å²) in [4.78, 5) is 6.88. The molecule has 0 atom stereocenters. The monoisotopic (exact) mass is 370 g/mol. The Balaban J connectivity index is 1.64. The Morgan fingerprint density at radius 2 is 1.96 bits per heavy atom. The molecule has 138 valence electrons. The Bertz CT molecular complexity index is 1270. The Labute approximate surface area is 162 Å². The van der Waals surface area contributed by atoms with Crippen molar-refractivity contribution >= 4 is 22.5 Å². The molecule has 2 aromatic carbocycles. The maximum atomic E-state index is 9.65. The van der Waals surface area contributed by atoms with Gasteiger partial charge in [-0.05, 0) is 48.4 Å². The van der Waals surface area contributed by atoms with Crippen LogP contribution in [-0.4, -0.2) is 23.2 Å². The predicted octanol–water partition coefficient (Wildman–Crippen LogP) is 4.03. The van der Waals surface area contributed by atoms with Crippen molar-refractivity contribution in [2.24, 2.45) is 0 Å². The molecule has 0 amide bonds. The van der Waals surface area contributed by atoms with E-state index in [4.69, 9.17) is 14.5 Å². The summed E-state index contributed by atoms with van der Waals surface area (Å²) in [5.41, 5.74) is 5.20. The van der Waals surface area contributed by atoms with Crippen molar-refractivity contribution in [3.8, 4) is 17.6 Å². The molecule has 0 N–H and O–H groups in total. The van der Waals surface area contributed by atoms with Crippen molar-refractivity contribution in [2.75, 3.05) is 18.7 Å². The third-order valence-corrected chi connectivity index (χ3v) is 5.11. The second-order valence-electron chi connectivity index (χ2n) is 6.98. The number of aryl methyl sites for hydroxylation is 1. The van der Waals surface area contributed by atoms with Gasteiger partial charge in [0.25, 0.3) is 0 Å². The van der Waals surface area contributed by atoms with Gasteiger partial charge in [-0.25, -0.2) is 4.98 Å². The molecule has 3 heterocycles. The highest BCUT2D eigenvalue weighted by Crippen LogP contribution is 2.34. The molecule has 6 heteroatoms. The fraction of sp³-hybridized carbons (Fsp3) is 0.182. The van der Waals surface area contributed by atoms with Gasteiger partial charge in [-0.2, -0.15) is 5.26 Å². The van der Waals surface area contributed by atoms with Crippen LogP contribution in [0, 0.1) is 18.3 Å². The number of ether oxygens (including phenoxy) is 2. The normalized spacial score (nSPS) is 12.5. The maximum absolute atomic E-state index is 9.65. The van der Waals surface area contributed by atoms with Gasteiger partial charge in [-0.3, -0.25) is 4.40 Å². The molecule has 1 aliphatic rings. The maximum Gasteiger partial charge on any atom is 0.231 e. The van der Waals surface area contributed by atoms with Gasteiger partial charge < -0.3 is 14.4 Å². The van der Waals surface area contributed by atoms with Crippen LogP contribution in [0.15, 0.2) is 48.5 Å². The van der Waals surface area contributed by atoms with Crippen molar-refractivity contribution in [2.45, 2.75) is 13.5 Å². The van der Waals surface area contributed by atoms with Crippen LogP contribution in [0.5, 0.6) is 11.5 Å². The fourth-order valence-electron chi connectivity index (χ4n) is 3.75. The standard InChI is InChI=1S/C22H18N4O2/c1-14-9-21(25(2)12-15-7-8-19-20(10-15)28-13-27-19)26-18-6-4-3-5-17(18)24-22(26)16(14)11-23/h3-10H,12-13H2,1-2H3. The lowest BCUT2D eigenvalue weighted by Crippen LogP contribution is -2.20. The summed E-state index contributed by atoms with van der Waals surface area (Å²) in [6.07, 6.45) is 0. The Morgan fingerprint density at radius 3 is 2.82 bits per heavy atom. The quantitative estimate of drug-likeness (QED) is 0.545. The van der Waals surface area contributed by atoms with E-state index in [1.807, 2.05) is 62.5 Å². The van der Waals surface area contributed by atoms with Gasteiger partial charge in [0.05, 0.1) is 16.6 Å². The van der Waals surface area contributed by atoms with Crippen LogP contribution in [-0.2, 0) is 6.54 Å². The molecule has 0 saturated carbocycles. The van der Waals surface area contributed by atoms with E-state index in [-0.39, 0.29) is 6.79 Å². The van der Waals surface area contributed by atoms with Crippen molar-refractivity contribution in [1.29, 1.82) is 5.26 Å². The van der Waals surface area contributed by atoms with E-state index in [2.05, 4.69) is 15.4 Å². The molecule has 2 aromatic heterocycles. The number of nitrogens with zero attached hydrogens (tertiary/aromatic N) is 4. The van der Waals surface area contributed by atoms with Crippen molar-refractivity contribution < 1.29 is 9.47 Å². The van der Waals surface area contributed by atoms with E-state index in [9.17, 15) is 5.26 Å². The molecule has 0 spiro atoms. The SMILES string of the molecule is Cc1cc(N(C)Cc2ccc3c(c2)OCO3)n2c(nc3ccccc32)c1C#N. The highest BCUT2D eigenvalue weighted by atomic mass is 16.7. The Hall–Kier alpha value is -3.72. The van der Waals surface area contributed by atoms with Crippen molar-refractivity contribution in [3.63, 3.8) is 0 Å². The van der Waals surface area contributed by atoms with E-state index in [1.165, 1.54) is 0 Å². The van der Waals surface area contributed by atoms with Crippen LogP contribution in [0.4, 0.5) is 5.82 Å². The lowest BCUT2D eigenvalue weighted by Gasteiger charge is -2.22. The number of benzene rings is 2. The van der Waals surface area contributed by atoms with Gasteiger partial charge in [0.15, 0.2) is 17.1 Å². The van der Waals surface area contributed by atoms with Crippen molar-refractivity contribution in [1.82, 2.24) is 9.38 Å². The highest BCUT2D eigenvalue weighted by Gasteiger charge is 2.18. The average molecular weight is 370 g/mol. The predicted molar refractivity (Wildman–Crippen MR) is 107 cm³/mol. The number of pyridine rings is 1. The van der Waals surface area contributed by atoms with Gasteiger partial charge >= 0.3 is 0 Å². The summed E-state index contributed by atoms with van der Waals surface area (Å²) in [7, 11) is 2.04. The van der Waals surface area contributed by atoms with Crippen LogP contribution < -0.4 is 14.4 Å². The molecule has 0 radical (unpaired) electrons. The number of imidazole rings is 1. The molecular weight excluding hydrogens is 352 g/mol. The molecule has 0 unspecified atom stereocenters. The minimum atomic E-state index is 0.269. The summed E-state index contributed by atoms with van der Waals surface area (Å²) in [6.45, 7) is 2.91. The minimum Gasteiger partial charge on any atom is -0.454 e. The number of nitriles is 1. The van der Waals surface area contributed by atoms with E-state index < -0.39 is 0 Å². The summed E-state index contributed by atoms with van der Waals surface area (Å²) < 4.78 is 13.0. The summed E-state index contributed by atoms with van der Waals surface area (Å²) in [6, 6.07) is 18.3. The molecule has 0 saturated heterocycles. The lowest BCUT2D eigenvalue weighted by atomic mass is 10.1. The van der Waals surface area contributed by atoms with E-state index in [1.54, 1.807) is 0 Å². The molecule has 28 heavy (non-hydrogen) atoms. The zero-order valence-corrected chi connectivity index (χ0v) is 15.6. The Morgan fingerprint density at radius 1 is 1.14 bits per heavy atom. The topological polar surface area (TPSA) is 62.8 Å². The van der Waals surface area contributed by atoms with E-state index >= 15 is 0 Å². The first-order valence-corrected chi connectivity index (χ1v) is 9.06. The Kier molecular flexibility index (Phi) is 3.63. The minimum absolute atomic E-state index is 0.269. The number of hydrogen-bond donors (Lipinski definition) is 0. The molecular formula is C22H18N4O2. The first-order chi connectivity index (χ1) is 13.7. The molecule has 0 fully saturated rings. The molecule has 1 aliphatic heterocycles. The second kappa shape index (κ2) is 6.17. The number of aromatic nitrogens is 2. The molecule has 0 aliphatic carbocycles. The highest BCUT2D eigenvalue weighted by molar-refractivity contribution is 5.85. The van der Waals surface area contributed by atoms with Gasteiger partial charge in [0.2, 0.25) is 6.79 Å².